The van der Waals surface area contributed by atoms with Gasteiger partial charge in [0.15, 0.2) is 0 Å². The first-order valence-corrected chi connectivity index (χ1v) is 13.1. The number of nitrogens with two attached hydrogens (primary N) is 1. The van der Waals surface area contributed by atoms with Gasteiger partial charge in [-0.15, -0.1) is 0 Å². The number of alkyl halides is 3. The Bertz CT molecular complexity index is 1260. The van der Waals surface area contributed by atoms with E-state index in [4.69, 9.17) is 5.73 Å². The van der Waals surface area contributed by atoms with Crippen LogP contribution in [0.1, 0.15) is 37.9 Å². The fraction of sp³-hybridized carbons (Fsp3) is 0.464. The zero-order chi connectivity index (χ0) is 29.1. The van der Waals surface area contributed by atoms with E-state index in [-0.39, 0.29) is 32.4 Å². The molecule has 214 valence electrons. The largest absolute Gasteiger partial charge is 0.408 e. The number of rotatable bonds is 9. The van der Waals surface area contributed by atoms with Gasteiger partial charge in [0.05, 0.1) is 11.3 Å². The molecule has 0 saturated carbocycles. The third-order valence-electron chi connectivity index (χ3n) is 7.12. The van der Waals surface area contributed by atoms with Crippen LogP contribution in [-0.4, -0.2) is 75.7 Å². The predicted octanol–water partition coefficient (Wildman–Crippen LogP) is 2.46. The Hall–Kier alpha value is -3.80. The molecule has 0 aliphatic carbocycles. The minimum atomic E-state index is -4.64. The van der Waals surface area contributed by atoms with Crippen LogP contribution in [-0.2, 0) is 27.2 Å². The first-order valence-electron chi connectivity index (χ1n) is 13.1. The van der Waals surface area contributed by atoms with Gasteiger partial charge in [-0.05, 0) is 44.4 Å². The molecule has 2 aliphatic rings. The van der Waals surface area contributed by atoms with E-state index >= 15 is 0 Å². The second-order valence-electron chi connectivity index (χ2n) is 10.9. The average molecular weight is 559 g/mol. The van der Waals surface area contributed by atoms with Crippen molar-refractivity contribution in [2.75, 3.05) is 19.6 Å². The lowest BCUT2D eigenvalue weighted by molar-refractivity contribution is -0.164. The first-order chi connectivity index (χ1) is 18.8. The Morgan fingerprint density at radius 1 is 1.12 bits per heavy atom. The van der Waals surface area contributed by atoms with Crippen molar-refractivity contribution >= 4 is 23.4 Å². The number of aryl methyl sites for hydroxylation is 1. The number of carbonyl (C=O) groups excluding carboxylic acids is 3. The summed E-state index contributed by atoms with van der Waals surface area (Å²) in [6.45, 7) is 1.49. The number of carbonyl (C=O) groups is 3. The highest BCUT2D eigenvalue weighted by Crippen LogP contribution is 2.39. The van der Waals surface area contributed by atoms with Crippen LogP contribution in [0, 0.1) is 5.41 Å². The zero-order valence-corrected chi connectivity index (χ0v) is 22.4. The van der Waals surface area contributed by atoms with Crippen LogP contribution in [0.15, 0.2) is 59.8 Å². The van der Waals surface area contributed by atoms with Gasteiger partial charge >= 0.3 is 6.18 Å². The van der Waals surface area contributed by atoms with Crippen LogP contribution >= 0.6 is 0 Å². The lowest BCUT2D eigenvalue weighted by atomic mass is 9.74. The second-order valence-corrected chi connectivity index (χ2v) is 10.9. The van der Waals surface area contributed by atoms with E-state index in [1.54, 1.807) is 18.2 Å². The van der Waals surface area contributed by atoms with Gasteiger partial charge in [-0.2, -0.15) is 18.3 Å². The molecule has 2 atom stereocenters. The molecule has 3 heterocycles. The topological polar surface area (TPSA) is 121 Å². The zero-order valence-electron chi connectivity index (χ0n) is 22.4. The molecule has 12 heteroatoms. The van der Waals surface area contributed by atoms with Crippen LogP contribution in [0.2, 0.25) is 0 Å². The molecule has 0 spiro atoms. The highest BCUT2D eigenvalue weighted by atomic mass is 19.4. The molecule has 0 radical (unpaired) electrons. The molecule has 2 aromatic rings. The van der Waals surface area contributed by atoms with E-state index in [0.717, 1.165) is 5.56 Å². The minimum Gasteiger partial charge on any atom is -0.343 e. The quantitative estimate of drug-likeness (QED) is 0.490. The van der Waals surface area contributed by atoms with Crippen LogP contribution in [0.5, 0.6) is 0 Å². The summed E-state index contributed by atoms with van der Waals surface area (Å²) < 4.78 is 39.8. The molecule has 40 heavy (non-hydrogen) atoms. The molecule has 2 aliphatic heterocycles. The SMILES string of the molecule is CC(C)(N)C(=O)NC(CCc1ccccc1)C(=O)N1CCC2=NN(CC(F)(F)F)C(=O)C2(Cc2ccccn2)C1. The molecule has 4 rings (SSSR count). The lowest BCUT2D eigenvalue weighted by Gasteiger charge is -2.40. The van der Waals surface area contributed by atoms with Crippen LogP contribution in [0.3, 0.4) is 0 Å². The Morgan fingerprint density at radius 3 is 2.45 bits per heavy atom. The van der Waals surface area contributed by atoms with E-state index < -0.39 is 47.4 Å². The van der Waals surface area contributed by atoms with Gasteiger partial charge in [-0.1, -0.05) is 36.4 Å². The van der Waals surface area contributed by atoms with E-state index in [9.17, 15) is 27.6 Å². The molecule has 1 aromatic heterocycles. The summed E-state index contributed by atoms with van der Waals surface area (Å²) in [7, 11) is 0. The number of amides is 3. The van der Waals surface area contributed by atoms with Gasteiger partial charge in [-0.3, -0.25) is 19.4 Å². The fourth-order valence-electron chi connectivity index (χ4n) is 5.04. The number of nitrogens with one attached hydrogen (secondary N) is 1. The van der Waals surface area contributed by atoms with Gasteiger partial charge in [0.25, 0.3) is 5.91 Å². The number of hydrazone groups is 1. The number of fused-ring (bicyclic) bond motifs is 1. The van der Waals surface area contributed by atoms with Crippen molar-refractivity contribution in [1.82, 2.24) is 20.2 Å². The van der Waals surface area contributed by atoms with Crippen LogP contribution in [0.25, 0.3) is 0 Å². The smallest absolute Gasteiger partial charge is 0.343 e. The Labute approximate surface area is 230 Å². The van der Waals surface area contributed by atoms with Crippen molar-refractivity contribution in [1.29, 1.82) is 0 Å². The number of aromatic nitrogens is 1. The van der Waals surface area contributed by atoms with Crippen molar-refractivity contribution in [2.24, 2.45) is 16.3 Å². The Morgan fingerprint density at radius 2 is 1.82 bits per heavy atom. The lowest BCUT2D eigenvalue weighted by Crippen LogP contribution is -2.61. The molecule has 1 saturated heterocycles. The van der Waals surface area contributed by atoms with E-state index in [2.05, 4.69) is 15.4 Å². The summed E-state index contributed by atoms with van der Waals surface area (Å²) in [5.41, 5.74) is 4.99. The third kappa shape index (κ3) is 6.67. The van der Waals surface area contributed by atoms with Crippen molar-refractivity contribution < 1.29 is 27.6 Å². The van der Waals surface area contributed by atoms with Crippen molar-refractivity contribution in [3.8, 4) is 0 Å². The van der Waals surface area contributed by atoms with Gasteiger partial charge in [0, 0.05) is 37.8 Å². The standard InChI is InChI=1S/C28H33F3N6O3/c1-26(2,32)24(39)34-21(12-11-19-8-4-3-5-9-19)23(38)36-15-13-22-27(17-36,16-20-10-6-7-14-33-20)25(40)37(35-22)18-28(29,30)31/h3-10,14,21H,11-13,15-18,32H2,1-2H3,(H,34,39). The number of likely N-dealkylation sites (tertiary alicyclic amines) is 1. The van der Waals surface area contributed by atoms with Crippen molar-refractivity contribution in [2.45, 2.75) is 57.3 Å². The molecule has 2 unspecified atom stereocenters. The van der Waals surface area contributed by atoms with Gasteiger partial charge < -0.3 is 16.0 Å². The van der Waals surface area contributed by atoms with Gasteiger partial charge in [0.2, 0.25) is 11.8 Å². The molecule has 9 nitrogen and oxygen atoms in total. The third-order valence-corrected chi connectivity index (χ3v) is 7.12. The highest BCUT2D eigenvalue weighted by Gasteiger charge is 2.56. The van der Waals surface area contributed by atoms with E-state index in [1.165, 1.54) is 24.9 Å². The van der Waals surface area contributed by atoms with Gasteiger partial charge in [-0.25, -0.2) is 5.01 Å². The van der Waals surface area contributed by atoms with Crippen molar-refractivity contribution in [3.05, 3.63) is 66.0 Å². The van der Waals surface area contributed by atoms with E-state index in [1.807, 2.05) is 30.3 Å². The number of piperidine rings is 1. The van der Waals surface area contributed by atoms with Gasteiger partial charge in [0.1, 0.15) is 18.0 Å². The number of nitrogens with zero attached hydrogens (tertiary/aromatic N) is 4. The molecule has 0 bridgehead atoms. The fourth-order valence-corrected chi connectivity index (χ4v) is 5.04. The average Bonchev–Trinajstić information content (AvgIpc) is 3.15. The summed E-state index contributed by atoms with van der Waals surface area (Å²) in [6.07, 6.45) is -2.26. The molecule has 1 fully saturated rings. The number of benzene rings is 1. The summed E-state index contributed by atoms with van der Waals surface area (Å²) in [4.78, 5) is 46.0. The Balaban J connectivity index is 1.62. The van der Waals surface area contributed by atoms with E-state index in [0.29, 0.717) is 22.8 Å². The normalized spacial score (nSPS) is 20.1. The maximum atomic E-state index is 13.9. The number of hydrogen-bond donors (Lipinski definition) is 2. The second kappa shape index (κ2) is 11.4. The molecule has 3 N–H and O–H groups in total. The number of hydrogen-bond acceptors (Lipinski definition) is 6. The molecular weight excluding hydrogens is 525 g/mol. The molecular formula is C28H33F3N6O3. The maximum absolute atomic E-state index is 13.9. The minimum absolute atomic E-state index is 0.0134. The first kappa shape index (κ1) is 29.2. The number of halogens is 3. The van der Waals surface area contributed by atoms with Crippen LogP contribution < -0.4 is 11.1 Å². The summed E-state index contributed by atoms with van der Waals surface area (Å²) in [6, 6.07) is 13.6. The summed E-state index contributed by atoms with van der Waals surface area (Å²) in [5, 5.41) is 7.28. The van der Waals surface area contributed by atoms with Crippen LogP contribution in [0.4, 0.5) is 13.2 Å². The maximum Gasteiger partial charge on any atom is 0.408 e. The highest BCUT2D eigenvalue weighted by molar-refractivity contribution is 6.13. The summed E-state index contributed by atoms with van der Waals surface area (Å²) >= 11 is 0. The van der Waals surface area contributed by atoms with Crippen molar-refractivity contribution in [3.63, 3.8) is 0 Å². The predicted molar refractivity (Wildman–Crippen MR) is 142 cm³/mol. The molecule has 3 amide bonds. The number of pyridine rings is 1. The Kier molecular flexibility index (Phi) is 8.29. The summed E-state index contributed by atoms with van der Waals surface area (Å²) in [5.74, 6) is -1.78. The molecule has 1 aromatic carbocycles. The monoisotopic (exact) mass is 558 g/mol.